The summed E-state index contributed by atoms with van der Waals surface area (Å²) in [6, 6.07) is 10.8. The Morgan fingerprint density at radius 3 is 2.25 bits per heavy atom. The molecule has 148 valence electrons. The smallest absolute Gasteiger partial charge is 0.257 e. The van der Waals surface area contributed by atoms with Gasteiger partial charge in [-0.2, -0.15) is 0 Å². The number of anilines is 1. The fourth-order valence-corrected chi connectivity index (χ4v) is 3.04. The number of carbonyl (C=O) groups excluding carboxylic acids is 2. The van der Waals surface area contributed by atoms with Crippen molar-refractivity contribution in [2.75, 3.05) is 38.0 Å². The number of rotatable bonds is 5. The fraction of sp³-hybridized carbons (Fsp3) is 0.300. The Labute approximate surface area is 160 Å². The van der Waals surface area contributed by atoms with Gasteiger partial charge in [-0.3, -0.25) is 14.5 Å². The molecule has 28 heavy (non-hydrogen) atoms. The highest BCUT2D eigenvalue weighted by atomic mass is 19.2. The third-order valence-corrected chi connectivity index (χ3v) is 4.64. The van der Waals surface area contributed by atoms with Crippen LogP contribution in [0, 0.1) is 17.5 Å². The van der Waals surface area contributed by atoms with Crippen molar-refractivity contribution in [2.24, 2.45) is 0 Å². The number of carbonyl (C=O) groups is 2. The van der Waals surface area contributed by atoms with E-state index >= 15 is 0 Å². The average molecular weight is 391 g/mol. The summed E-state index contributed by atoms with van der Waals surface area (Å²) >= 11 is 0. The summed E-state index contributed by atoms with van der Waals surface area (Å²) in [4.78, 5) is 27.8. The van der Waals surface area contributed by atoms with Crippen LogP contribution in [0.1, 0.15) is 16.8 Å². The Morgan fingerprint density at radius 1 is 0.893 bits per heavy atom. The zero-order valence-corrected chi connectivity index (χ0v) is 15.1. The first-order chi connectivity index (χ1) is 13.5. The van der Waals surface area contributed by atoms with Crippen LogP contribution >= 0.6 is 0 Å². The highest BCUT2D eigenvalue weighted by Gasteiger charge is 2.26. The Hall–Kier alpha value is -2.87. The first-order valence-corrected chi connectivity index (χ1v) is 8.95. The van der Waals surface area contributed by atoms with Gasteiger partial charge >= 0.3 is 0 Å². The van der Waals surface area contributed by atoms with Crippen LogP contribution < -0.4 is 5.32 Å². The maximum atomic E-state index is 13.8. The molecule has 3 rings (SSSR count). The first-order valence-electron chi connectivity index (χ1n) is 8.95. The molecule has 1 fully saturated rings. The van der Waals surface area contributed by atoms with Gasteiger partial charge in [0.1, 0.15) is 0 Å². The van der Waals surface area contributed by atoms with Crippen molar-refractivity contribution in [3.8, 4) is 0 Å². The second-order valence-electron chi connectivity index (χ2n) is 6.52. The van der Waals surface area contributed by atoms with Crippen LogP contribution in [-0.4, -0.2) is 54.3 Å². The van der Waals surface area contributed by atoms with Crippen LogP contribution in [0.4, 0.5) is 18.9 Å². The topological polar surface area (TPSA) is 52.7 Å². The van der Waals surface area contributed by atoms with Gasteiger partial charge in [-0.1, -0.05) is 18.2 Å². The number of halogens is 3. The van der Waals surface area contributed by atoms with Gasteiger partial charge in [0.25, 0.3) is 5.91 Å². The van der Waals surface area contributed by atoms with E-state index in [0.29, 0.717) is 39.1 Å². The summed E-state index contributed by atoms with van der Waals surface area (Å²) in [5, 5.41) is 2.81. The van der Waals surface area contributed by atoms with Gasteiger partial charge in [0, 0.05) is 44.8 Å². The van der Waals surface area contributed by atoms with Gasteiger partial charge in [-0.25, -0.2) is 13.2 Å². The molecular formula is C20H20F3N3O2. The van der Waals surface area contributed by atoms with Crippen LogP contribution in [0.2, 0.25) is 0 Å². The summed E-state index contributed by atoms with van der Waals surface area (Å²) in [6.45, 7) is 2.18. The zero-order valence-electron chi connectivity index (χ0n) is 15.1. The molecule has 5 nitrogen and oxygen atoms in total. The number of piperazine rings is 1. The normalized spacial score (nSPS) is 14.8. The van der Waals surface area contributed by atoms with Crippen molar-refractivity contribution in [3.05, 3.63) is 65.5 Å². The highest BCUT2D eigenvalue weighted by Crippen LogP contribution is 2.18. The van der Waals surface area contributed by atoms with Gasteiger partial charge < -0.3 is 10.2 Å². The van der Waals surface area contributed by atoms with E-state index < -0.39 is 28.9 Å². The molecule has 0 spiro atoms. The van der Waals surface area contributed by atoms with Crippen molar-refractivity contribution in [2.45, 2.75) is 6.42 Å². The Morgan fingerprint density at radius 2 is 1.57 bits per heavy atom. The number of nitrogens with one attached hydrogen (secondary N) is 1. The van der Waals surface area contributed by atoms with Crippen molar-refractivity contribution >= 4 is 17.5 Å². The van der Waals surface area contributed by atoms with Crippen LogP contribution in [0.3, 0.4) is 0 Å². The van der Waals surface area contributed by atoms with Gasteiger partial charge in [0.2, 0.25) is 5.91 Å². The van der Waals surface area contributed by atoms with Gasteiger partial charge in [0.05, 0.1) is 5.56 Å². The Bertz CT molecular complexity index is 853. The molecule has 0 bridgehead atoms. The van der Waals surface area contributed by atoms with E-state index in [-0.39, 0.29) is 5.91 Å². The van der Waals surface area contributed by atoms with Crippen LogP contribution in [-0.2, 0) is 4.79 Å². The molecule has 0 aromatic heterocycles. The number of hydrogen-bond donors (Lipinski definition) is 1. The molecule has 2 amide bonds. The van der Waals surface area contributed by atoms with Crippen molar-refractivity contribution in [3.63, 3.8) is 0 Å². The average Bonchev–Trinajstić information content (AvgIpc) is 2.71. The predicted octanol–water partition coefficient (Wildman–Crippen LogP) is 2.89. The molecule has 0 aliphatic carbocycles. The quantitative estimate of drug-likeness (QED) is 0.798. The summed E-state index contributed by atoms with van der Waals surface area (Å²) in [5.41, 5.74) is 0.256. The minimum absolute atomic E-state index is 0.103. The molecular weight excluding hydrogens is 371 g/mol. The lowest BCUT2D eigenvalue weighted by molar-refractivity contribution is -0.116. The lowest BCUT2D eigenvalue weighted by atomic mass is 10.1. The van der Waals surface area contributed by atoms with Gasteiger partial charge in [-0.05, 0) is 24.3 Å². The van der Waals surface area contributed by atoms with Gasteiger partial charge in [-0.15, -0.1) is 0 Å². The van der Waals surface area contributed by atoms with Crippen LogP contribution in [0.5, 0.6) is 0 Å². The molecule has 0 atom stereocenters. The van der Waals surface area contributed by atoms with E-state index in [4.69, 9.17) is 0 Å². The van der Waals surface area contributed by atoms with Gasteiger partial charge in [0.15, 0.2) is 17.5 Å². The summed E-state index contributed by atoms with van der Waals surface area (Å²) in [7, 11) is 0. The first kappa shape index (κ1) is 19.9. The molecule has 2 aromatic carbocycles. The third-order valence-electron chi connectivity index (χ3n) is 4.64. The Kier molecular flexibility index (Phi) is 6.30. The SMILES string of the molecule is O=C(CCN1CCN(C(=O)c2ccc(F)c(F)c2F)CC1)Nc1ccccc1. The summed E-state index contributed by atoms with van der Waals surface area (Å²) in [6.07, 6.45) is 0.306. The molecule has 1 heterocycles. The molecule has 0 saturated carbocycles. The van der Waals surface area contributed by atoms with E-state index in [1.54, 1.807) is 12.1 Å². The second-order valence-corrected chi connectivity index (χ2v) is 6.52. The molecule has 0 unspecified atom stereocenters. The zero-order chi connectivity index (χ0) is 20.1. The molecule has 1 aliphatic heterocycles. The molecule has 1 saturated heterocycles. The maximum Gasteiger partial charge on any atom is 0.257 e. The molecule has 1 N–H and O–H groups in total. The molecule has 8 heteroatoms. The van der Waals surface area contributed by atoms with Crippen LogP contribution in [0.25, 0.3) is 0 Å². The second kappa shape index (κ2) is 8.88. The highest BCUT2D eigenvalue weighted by molar-refractivity contribution is 5.94. The number of nitrogens with zero attached hydrogens (tertiary/aromatic N) is 2. The number of hydrogen-bond acceptors (Lipinski definition) is 3. The number of para-hydroxylation sites is 1. The van der Waals surface area contributed by atoms with E-state index in [1.165, 1.54) is 4.90 Å². The van der Waals surface area contributed by atoms with Crippen LogP contribution in [0.15, 0.2) is 42.5 Å². The standard InChI is InChI=1S/C20H20F3N3O2/c21-16-7-6-15(18(22)19(16)23)20(28)26-12-10-25(11-13-26)9-8-17(27)24-14-4-2-1-3-5-14/h1-7H,8-13H2,(H,24,27). The monoisotopic (exact) mass is 391 g/mol. The largest absolute Gasteiger partial charge is 0.336 e. The lowest BCUT2D eigenvalue weighted by Crippen LogP contribution is -2.49. The van der Waals surface area contributed by atoms with E-state index in [1.807, 2.05) is 23.1 Å². The number of benzene rings is 2. The lowest BCUT2D eigenvalue weighted by Gasteiger charge is -2.34. The van der Waals surface area contributed by atoms with Crippen molar-refractivity contribution in [1.29, 1.82) is 0 Å². The number of amides is 2. The van der Waals surface area contributed by atoms with E-state index in [0.717, 1.165) is 17.8 Å². The summed E-state index contributed by atoms with van der Waals surface area (Å²) in [5.74, 6) is -5.21. The third kappa shape index (κ3) is 4.69. The fourth-order valence-electron chi connectivity index (χ4n) is 3.04. The minimum Gasteiger partial charge on any atom is -0.336 e. The molecule has 2 aromatic rings. The van der Waals surface area contributed by atoms with Crippen molar-refractivity contribution in [1.82, 2.24) is 9.80 Å². The van der Waals surface area contributed by atoms with E-state index in [9.17, 15) is 22.8 Å². The Balaban J connectivity index is 1.47. The predicted molar refractivity (Wildman–Crippen MR) is 98.3 cm³/mol. The maximum absolute atomic E-state index is 13.8. The molecule has 1 aliphatic rings. The summed E-state index contributed by atoms with van der Waals surface area (Å²) < 4.78 is 40.2. The molecule has 0 radical (unpaired) electrons. The van der Waals surface area contributed by atoms with Crippen molar-refractivity contribution < 1.29 is 22.8 Å². The van der Waals surface area contributed by atoms with E-state index in [2.05, 4.69) is 5.32 Å². The minimum atomic E-state index is -1.64.